The first-order chi connectivity index (χ1) is 10.2. The summed E-state index contributed by atoms with van der Waals surface area (Å²) in [5.74, 6) is 0.235. The van der Waals surface area contributed by atoms with Crippen molar-refractivity contribution < 1.29 is 19.2 Å². The number of carboxylic acids is 1. The highest BCUT2D eigenvalue weighted by atomic mass is 16.5. The smallest absolute Gasteiger partial charge is 0.310 e. The van der Waals surface area contributed by atoms with Gasteiger partial charge in [0, 0.05) is 19.5 Å². The zero-order valence-corrected chi connectivity index (χ0v) is 12.1. The van der Waals surface area contributed by atoms with Crippen molar-refractivity contribution in [2.24, 2.45) is 5.41 Å². The summed E-state index contributed by atoms with van der Waals surface area (Å²) in [5.41, 5.74) is -0.729. The Balaban J connectivity index is 1.71. The minimum absolute atomic E-state index is 0.333. The summed E-state index contributed by atoms with van der Waals surface area (Å²) in [5, 5.41) is 13.6. The van der Waals surface area contributed by atoms with Crippen molar-refractivity contribution in [2.45, 2.75) is 38.5 Å². The lowest BCUT2D eigenvalue weighted by Gasteiger charge is -2.31. The Hall–Kier alpha value is -1.63. The monoisotopic (exact) mass is 295 g/mol. The number of hydrogen-bond acceptors (Lipinski definition) is 6. The van der Waals surface area contributed by atoms with Gasteiger partial charge in [-0.15, -0.1) is 0 Å². The fourth-order valence-electron chi connectivity index (χ4n) is 3.19. The van der Waals surface area contributed by atoms with Crippen LogP contribution in [-0.4, -0.2) is 47.5 Å². The van der Waals surface area contributed by atoms with Crippen LogP contribution < -0.4 is 4.90 Å². The Labute approximate surface area is 123 Å². The molecule has 7 nitrogen and oxygen atoms in total. The van der Waals surface area contributed by atoms with Gasteiger partial charge in [-0.05, 0) is 18.0 Å². The van der Waals surface area contributed by atoms with E-state index >= 15 is 0 Å². The van der Waals surface area contributed by atoms with Crippen LogP contribution in [0.3, 0.4) is 0 Å². The van der Waals surface area contributed by atoms with Crippen LogP contribution in [-0.2, 0) is 16.0 Å². The molecular formula is C14H21N3O4. The number of rotatable bonds is 4. The average Bonchev–Trinajstić information content (AvgIpc) is 2.97. The minimum Gasteiger partial charge on any atom is -0.481 e. The summed E-state index contributed by atoms with van der Waals surface area (Å²) in [7, 11) is 0. The van der Waals surface area contributed by atoms with Crippen LogP contribution in [0.15, 0.2) is 4.52 Å². The summed E-state index contributed by atoms with van der Waals surface area (Å²) >= 11 is 0. The van der Waals surface area contributed by atoms with Crippen LogP contribution in [0.2, 0.25) is 0 Å². The Kier molecular flexibility index (Phi) is 4.10. The van der Waals surface area contributed by atoms with Gasteiger partial charge < -0.3 is 19.3 Å². The average molecular weight is 295 g/mol. The topological polar surface area (TPSA) is 88.7 Å². The fourth-order valence-corrected chi connectivity index (χ4v) is 3.19. The van der Waals surface area contributed by atoms with Gasteiger partial charge in [0.2, 0.25) is 5.89 Å². The molecular weight excluding hydrogens is 274 g/mol. The molecule has 1 saturated carbocycles. The van der Waals surface area contributed by atoms with E-state index in [2.05, 4.69) is 10.1 Å². The highest BCUT2D eigenvalue weighted by Gasteiger charge is 2.41. The van der Waals surface area contributed by atoms with Crippen molar-refractivity contribution >= 4 is 11.9 Å². The molecule has 0 spiro atoms. The van der Waals surface area contributed by atoms with Crippen LogP contribution in [0, 0.1) is 5.41 Å². The standard InChI is InChI=1S/C14H21N3O4/c18-12(19)14(4-2-1-3-5-14)10-11-15-13(16-21-11)17-6-8-20-9-7-17/h1-10H2,(H,18,19). The van der Waals surface area contributed by atoms with Gasteiger partial charge in [-0.2, -0.15) is 4.98 Å². The number of hydrogen-bond donors (Lipinski definition) is 1. The molecule has 1 aromatic rings. The van der Waals surface area contributed by atoms with Gasteiger partial charge >= 0.3 is 5.97 Å². The first-order valence-corrected chi connectivity index (χ1v) is 7.58. The SMILES string of the molecule is O=C(O)C1(Cc2nc(N3CCOCC3)no2)CCCCC1. The first kappa shape index (κ1) is 14.3. The lowest BCUT2D eigenvalue weighted by Crippen LogP contribution is -2.37. The van der Waals surface area contributed by atoms with E-state index in [1.54, 1.807) is 0 Å². The molecule has 2 fully saturated rings. The number of carboxylic acid groups (broad SMARTS) is 1. The lowest BCUT2D eigenvalue weighted by molar-refractivity contribution is -0.151. The minimum atomic E-state index is -0.742. The number of carbonyl (C=O) groups is 1. The summed E-state index contributed by atoms with van der Waals surface area (Å²) < 4.78 is 10.6. The first-order valence-electron chi connectivity index (χ1n) is 7.58. The van der Waals surface area contributed by atoms with E-state index in [0.717, 1.165) is 32.4 Å². The van der Waals surface area contributed by atoms with Crippen LogP contribution in [0.4, 0.5) is 5.95 Å². The molecule has 0 bridgehead atoms. The highest BCUT2D eigenvalue weighted by molar-refractivity contribution is 5.75. The van der Waals surface area contributed by atoms with Crippen molar-refractivity contribution in [1.29, 1.82) is 0 Å². The van der Waals surface area contributed by atoms with E-state index in [1.165, 1.54) is 0 Å². The van der Waals surface area contributed by atoms with Crippen molar-refractivity contribution in [2.75, 3.05) is 31.2 Å². The molecule has 2 aliphatic rings. The molecule has 116 valence electrons. The van der Waals surface area contributed by atoms with Crippen molar-refractivity contribution in [1.82, 2.24) is 10.1 Å². The Bertz CT molecular complexity index is 490. The van der Waals surface area contributed by atoms with Crippen LogP contribution in [0.1, 0.15) is 38.0 Å². The van der Waals surface area contributed by atoms with Gasteiger partial charge in [0.1, 0.15) is 0 Å². The molecule has 1 aliphatic heterocycles. The number of anilines is 1. The molecule has 0 unspecified atom stereocenters. The van der Waals surface area contributed by atoms with Crippen LogP contribution in [0.5, 0.6) is 0 Å². The van der Waals surface area contributed by atoms with E-state index in [0.29, 0.717) is 44.3 Å². The fraction of sp³-hybridized carbons (Fsp3) is 0.786. The summed E-state index contributed by atoms with van der Waals surface area (Å²) in [6.45, 7) is 2.79. The van der Waals surface area contributed by atoms with E-state index in [-0.39, 0.29) is 0 Å². The molecule has 0 amide bonds. The second kappa shape index (κ2) is 6.01. The number of nitrogens with zero attached hydrogens (tertiary/aromatic N) is 3. The predicted octanol–water partition coefficient (Wildman–Crippen LogP) is 1.48. The molecule has 1 saturated heterocycles. The molecule has 1 N–H and O–H groups in total. The maximum Gasteiger partial charge on any atom is 0.310 e. The summed E-state index contributed by atoms with van der Waals surface area (Å²) in [6, 6.07) is 0. The van der Waals surface area contributed by atoms with Gasteiger partial charge in [0.05, 0.1) is 18.6 Å². The molecule has 7 heteroatoms. The third-order valence-corrected chi connectivity index (χ3v) is 4.51. The second-order valence-electron chi connectivity index (χ2n) is 5.91. The number of aromatic nitrogens is 2. The summed E-state index contributed by atoms with van der Waals surface area (Å²) in [6.07, 6.45) is 4.74. The third-order valence-electron chi connectivity index (χ3n) is 4.51. The van der Waals surface area contributed by atoms with Gasteiger partial charge in [-0.3, -0.25) is 4.79 Å². The van der Waals surface area contributed by atoms with E-state index in [4.69, 9.17) is 9.26 Å². The highest BCUT2D eigenvalue weighted by Crippen LogP contribution is 2.39. The molecule has 0 aromatic carbocycles. The molecule has 3 rings (SSSR count). The normalized spacial score (nSPS) is 22.2. The Morgan fingerprint density at radius 1 is 1.24 bits per heavy atom. The van der Waals surface area contributed by atoms with Gasteiger partial charge in [0.15, 0.2) is 0 Å². The van der Waals surface area contributed by atoms with E-state index < -0.39 is 11.4 Å². The third kappa shape index (κ3) is 3.02. The van der Waals surface area contributed by atoms with E-state index in [1.807, 2.05) is 4.90 Å². The van der Waals surface area contributed by atoms with Gasteiger partial charge in [-0.1, -0.05) is 19.3 Å². The molecule has 0 radical (unpaired) electrons. The van der Waals surface area contributed by atoms with E-state index in [9.17, 15) is 9.90 Å². The molecule has 2 heterocycles. The zero-order chi connectivity index (χ0) is 14.7. The quantitative estimate of drug-likeness (QED) is 0.900. The largest absolute Gasteiger partial charge is 0.481 e. The number of aliphatic carboxylic acids is 1. The maximum absolute atomic E-state index is 11.7. The molecule has 0 atom stereocenters. The second-order valence-corrected chi connectivity index (χ2v) is 5.91. The van der Waals surface area contributed by atoms with Crippen molar-refractivity contribution in [3.05, 3.63) is 5.89 Å². The lowest BCUT2D eigenvalue weighted by atomic mass is 9.72. The predicted molar refractivity (Wildman–Crippen MR) is 74.2 cm³/mol. The maximum atomic E-state index is 11.7. The van der Waals surface area contributed by atoms with Crippen LogP contribution >= 0.6 is 0 Å². The zero-order valence-electron chi connectivity index (χ0n) is 12.1. The van der Waals surface area contributed by atoms with Crippen LogP contribution in [0.25, 0.3) is 0 Å². The summed E-state index contributed by atoms with van der Waals surface area (Å²) in [4.78, 5) is 18.1. The Morgan fingerprint density at radius 2 is 1.95 bits per heavy atom. The Morgan fingerprint density at radius 3 is 2.62 bits per heavy atom. The molecule has 1 aliphatic carbocycles. The van der Waals surface area contributed by atoms with Crippen molar-refractivity contribution in [3.8, 4) is 0 Å². The number of morpholine rings is 1. The molecule has 1 aromatic heterocycles. The van der Waals surface area contributed by atoms with Gasteiger partial charge in [0.25, 0.3) is 5.95 Å². The van der Waals surface area contributed by atoms with Gasteiger partial charge in [-0.25, -0.2) is 0 Å². The van der Waals surface area contributed by atoms with Crippen molar-refractivity contribution in [3.63, 3.8) is 0 Å². The number of ether oxygens (including phenoxy) is 1. The molecule has 21 heavy (non-hydrogen) atoms.